The first kappa shape index (κ1) is 16.3. The number of carbonyl (C=O) groups excluding carboxylic acids is 1. The lowest BCUT2D eigenvalue weighted by Gasteiger charge is -2.54. The van der Waals surface area contributed by atoms with E-state index >= 15 is 0 Å². The van der Waals surface area contributed by atoms with Gasteiger partial charge in [-0.1, -0.05) is 6.07 Å². The molecule has 0 aromatic heterocycles. The first-order valence-electron chi connectivity index (χ1n) is 7.35. The van der Waals surface area contributed by atoms with E-state index in [-0.39, 0.29) is 11.0 Å². The average Bonchev–Trinajstić information content (AvgIpc) is 2.44. The van der Waals surface area contributed by atoms with E-state index in [9.17, 15) is 18.0 Å². The minimum atomic E-state index is -4.46. The van der Waals surface area contributed by atoms with Gasteiger partial charge in [-0.3, -0.25) is 4.79 Å². The third-order valence-electron chi connectivity index (χ3n) is 4.23. The molecule has 0 atom stereocenters. The van der Waals surface area contributed by atoms with Gasteiger partial charge in [-0.15, -0.1) is 0 Å². The largest absolute Gasteiger partial charge is 0.416 e. The topological polar surface area (TPSA) is 38.8 Å². The van der Waals surface area contributed by atoms with Gasteiger partial charge in [0.15, 0.2) is 5.79 Å². The molecule has 1 aromatic rings. The lowest BCUT2D eigenvalue weighted by molar-refractivity contribution is -0.301. The summed E-state index contributed by atoms with van der Waals surface area (Å²) in [6.45, 7) is 5.46. The Hall–Kier alpha value is -1.60. The summed E-state index contributed by atoms with van der Waals surface area (Å²) in [4.78, 5) is 13.9. The predicted octanol–water partition coefficient (Wildman–Crippen LogP) is 2.93. The number of hydrogen-bond donors (Lipinski definition) is 0. The van der Waals surface area contributed by atoms with Gasteiger partial charge in [-0.2, -0.15) is 13.2 Å². The molecule has 7 heteroatoms. The molecule has 2 heterocycles. The summed E-state index contributed by atoms with van der Waals surface area (Å²) in [6, 6.07) is 4.50. The summed E-state index contributed by atoms with van der Waals surface area (Å²) in [5, 5.41) is 0. The number of rotatable bonds is 1. The third kappa shape index (κ3) is 3.21. The van der Waals surface area contributed by atoms with Crippen LogP contribution < -0.4 is 0 Å². The zero-order valence-electron chi connectivity index (χ0n) is 12.9. The van der Waals surface area contributed by atoms with Crippen molar-refractivity contribution < 1.29 is 27.4 Å². The first-order chi connectivity index (χ1) is 10.6. The van der Waals surface area contributed by atoms with Crippen LogP contribution in [0.5, 0.6) is 0 Å². The van der Waals surface area contributed by atoms with Gasteiger partial charge in [0, 0.05) is 18.7 Å². The quantitative estimate of drug-likeness (QED) is 0.795. The molecule has 1 spiro atoms. The Labute approximate surface area is 132 Å². The number of ether oxygens (including phenoxy) is 2. The minimum Gasteiger partial charge on any atom is -0.350 e. The molecule has 0 aliphatic carbocycles. The van der Waals surface area contributed by atoms with E-state index < -0.39 is 23.4 Å². The lowest BCUT2D eigenvalue weighted by atomic mass is 9.80. The molecule has 0 N–H and O–H groups in total. The van der Waals surface area contributed by atoms with Crippen molar-refractivity contribution in [1.29, 1.82) is 0 Å². The van der Waals surface area contributed by atoms with Crippen LogP contribution in [0.4, 0.5) is 13.2 Å². The van der Waals surface area contributed by atoms with E-state index in [1.807, 2.05) is 13.8 Å². The van der Waals surface area contributed by atoms with Gasteiger partial charge < -0.3 is 14.4 Å². The van der Waals surface area contributed by atoms with Gasteiger partial charge in [-0.25, -0.2) is 0 Å². The number of amides is 1. The molecule has 2 aliphatic rings. The highest BCUT2D eigenvalue weighted by molar-refractivity contribution is 5.95. The Balaban J connectivity index is 1.66. The molecule has 0 radical (unpaired) electrons. The number of benzene rings is 1. The number of nitrogens with zero attached hydrogens (tertiary/aromatic N) is 1. The lowest BCUT2D eigenvalue weighted by Crippen LogP contribution is -2.65. The molecule has 0 saturated carbocycles. The van der Waals surface area contributed by atoms with E-state index in [2.05, 4.69) is 0 Å². The summed E-state index contributed by atoms with van der Waals surface area (Å²) in [6.07, 6.45) is -4.46. The maximum atomic E-state index is 12.7. The Morgan fingerprint density at radius 2 is 1.78 bits per heavy atom. The molecular formula is C16H18F3NO3. The molecular weight excluding hydrogens is 311 g/mol. The molecule has 2 aliphatic heterocycles. The smallest absolute Gasteiger partial charge is 0.350 e. The van der Waals surface area contributed by atoms with Crippen molar-refractivity contribution in [3.05, 3.63) is 35.4 Å². The van der Waals surface area contributed by atoms with Crippen LogP contribution in [0.25, 0.3) is 0 Å². The highest BCUT2D eigenvalue weighted by Crippen LogP contribution is 2.38. The number of halogens is 3. The normalized spacial score (nSPS) is 22.7. The molecule has 0 bridgehead atoms. The highest BCUT2D eigenvalue weighted by atomic mass is 19.4. The fraction of sp³-hybridized carbons (Fsp3) is 0.562. The third-order valence-corrected chi connectivity index (χ3v) is 4.23. The summed E-state index contributed by atoms with van der Waals surface area (Å²) >= 11 is 0. The Kier molecular flexibility index (Phi) is 3.68. The van der Waals surface area contributed by atoms with Crippen molar-refractivity contribution in [1.82, 2.24) is 4.90 Å². The van der Waals surface area contributed by atoms with Crippen LogP contribution in [0.3, 0.4) is 0 Å². The molecule has 2 saturated heterocycles. The predicted molar refractivity (Wildman–Crippen MR) is 75.8 cm³/mol. The fourth-order valence-electron chi connectivity index (χ4n) is 2.84. The molecule has 1 amide bonds. The van der Waals surface area contributed by atoms with Gasteiger partial charge >= 0.3 is 6.18 Å². The van der Waals surface area contributed by atoms with Crippen molar-refractivity contribution in [2.24, 2.45) is 5.41 Å². The summed E-state index contributed by atoms with van der Waals surface area (Å²) < 4.78 is 49.4. The van der Waals surface area contributed by atoms with Crippen molar-refractivity contribution in [2.45, 2.75) is 25.8 Å². The second-order valence-corrected chi connectivity index (χ2v) is 6.72. The Bertz CT molecular complexity index is 609. The summed E-state index contributed by atoms with van der Waals surface area (Å²) in [7, 11) is 0. The number of hydrogen-bond acceptors (Lipinski definition) is 3. The molecule has 23 heavy (non-hydrogen) atoms. The van der Waals surface area contributed by atoms with Crippen LogP contribution >= 0.6 is 0 Å². The summed E-state index contributed by atoms with van der Waals surface area (Å²) in [5.74, 6) is -1.02. The van der Waals surface area contributed by atoms with Gasteiger partial charge in [0.05, 0.1) is 24.2 Å². The van der Waals surface area contributed by atoms with Crippen molar-refractivity contribution in [2.75, 3.05) is 26.3 Å². The van der Waals surface area contributed by atoms with E-state index in [1.165, 1.54) is 17.0 Å². The van der Waals surface area contributed by atoms with E-state index in [0.29, 0.717) is 26.3 Å². The summed E-state index contributed by atoms with van der Waals surface area (Å²) in [5.41, 5.74) is -1.01. The molecule has 3 rings (SSSR count). The van der Waals surface area contributed by atoms with Gasteiger partial charge in [0.25, 0.3) is 5.91 Å². The Morgan fingerprint density at radius 1 is 1.17 bits per heavy atom. The van der Waals surface area contributed by atoms with Crippen LogP contribution in [-0.4, -0.2) is 42.9 Å². The molecule has 2 fully saturated rings. The van der Waals surface area contributed by atoms with E-state index in [1.54, 1.807) is 0 Å². The first-order valence-corrected chi connectivity index (χ1v) is 7.35. The number of alkyl halides is 3. The molecule has 126 valence electrons. The fourth-order valence-corrected chi connectivity index (χ4v) is 2.84. The van der Waals surface area contributed by atoms with Crippen molar-refractivity contribution >= 4 is 5.91 Å². The van der Waals surface area contributed by atoms with Gasteiger partial charge in [-0.05, 0) is 32.0 Å². The van der Waals surface area contributed by atoms with Crippen LogP contribution in [0, 0.1) is 5.41 Å². The van der Waals surface area contributed by atoms with Gasteiger partial charge in [0.1, 0.15) is 0 Å². The van der Waals surface area contributed by atoms with Crippen LogP contribution in [0.1, 0.15) is 29.8 Å². The maximum absolute atomic E-state index is 12.7. The number of likely N-dealkylation sites (tertiary alicyclic amines) is 1. The Morgan fingerprint density at radius 3 is 2.35 bits per heavy atom. The number of carbonyl (C=O) groups is 1. The van der Waals surface area contributed by atoms with E-state index in [4.69, 9.17) is 9.47 Å². The maximum Gasteiger partial charge on any atom is 0.416 e. The van der Waals surface area contributed by atoms with Crippen LogP contribution in [0.15, 0.2) is 24.3 Å². The minimum absolute atomic E-state index is 0.0488. The van der Waals surface area contributed by atoms with Crippen LogP contribution in [-0.2, 0) is 15.7 Å². The SMILES string of the molecule is CC1(C)OCC2(CO1)CN(C(=O)c1cccc(C(F)(F)F)c1)C2. The molecule has 1 aromatic carbocycles. The average molecular weight is 329 g/mol. The van der Waals surface area contributed by atoms with Gasteiger partial charge in [0.2, 0.25) is 0 Å². The van der Waals surface area contributed by atoms with Crippen LogP contribution in [0.2, 0.25) is 0 Å². The highest BCUT2D eigenvalue weighted by Gasteiger charge is 2.50. The van der Waals surface area contributed by atoms with Crippen molar-refractivity contribution in [3.8, 4) is 0 Å². The second kappa shape index (κ2) is 5.21. The molecule has 4 nitrogen and oxygen atoms in total. The van der Waals surface area contributed by atoms with Crippen molar-refractivity contribution in [3.63, 3.8) is 0 Å². The van der Waals surface area contributed by atoms with E-state index in [0.717, 1.165) is 12.1 Å². The monoisotopic (exact) mass is 329 g/mol. The zero-order chi connectivity index (χ0) is 16.9. The second-order valence-electron chi connectivity index (χ2n) is 6.72. The zero-order valence-corrected chi connectivity index (χ0v) is 12.9. The standard InChI is InChI=1S/C16H18F3NO3/c1-14(2)22-9-15(10-23-14)7-20(8-15)13(21)11-4-3-5-12(6-11)16(17,18)19/h3-6H,7-10H2,1-2H3. The molecule has 0 unspecified atom stereocenters.